The summed E-state index contributed by atoms with van der Waals surface area (Å²) in [6, 6.07) is 3.69. The number of sulfonamides is 1. The standard InChI is InChI=1S/C10H15N3O5S2/c1-19(15,16)9-5-7(4-8(11)6-9)10(14)13-2-3-20(12,17)18/h4-6H,2-3,11H2,1H3,(H,13,14)(H2,12,17,18). The van der Waals surface area contributed by atoms with Crippen LogP contribution in [0, 0.1) is 0 Å². The average molecular weight is 321 g/mol. The Morgan fingerprint density at radius 1 is 1.20 bits per heavy atom. The van der Waals surface area contributed by atoms with E-state index in [0.29, 0.717) is 0 Å². The third kappa shape index (κ3) is 5.15. The Morgan fingerprint density at radius 2 is 1.80 bits per heavy atom. The maximum atomic E-state index is 11.8. The first-order chi connectivity index (χ1) is 8.99. The van der Waals surface area contributed by atoms with Crippen molar-refractivity contribution in [2.24, 2.45) is 5.14 Å². The predicted molar refractivity (Wildman–Crippen MR) is 74.3 cm³/mol. The number of nitrogens with two attached hydrogens (primary N) is 2. The number of nitrogens with one attached hydrogen (secondary N) is 1. The SMILES string of the molecule is CS(=O)(=O)c1cc(N)cc(C(=O)NCCS(N)(=O)=O)c1. The fourth-order valence-corrected chi connectivity index (χ4v) is 2.45. The smallest absolute Gasteiger partial charge is 0.251 e. The van der Waals surface area contributed by atoms with Crippen molar-refractivity contribution in [1.29, 1.82) is 0 Å². The van der Waals surface area contributed by atoms with E-state index < -0.39 is 31.5 Å². The molecule has 0 aliphatic carbocycles. The molecule has 0 heterocycles. The molecular weight excluding hydrogens is 306 g/mol. The minimum atomic E-state index is -3.68. The number of sulfone groups is 1. The molecule has 8 nitrogen and oxygen atoms in total. The summed E-state index contributed by atoms with van der Waals surface area (Å²) in [6.07, 6.45) is 0.991. The van der Waals surface area contributed by atoms with Gasteiger partial charge in [0.05, 0.1) is 10.6 Å². The summed E-state index contributed by atoms with van der Waals surface area (Å²) < 4.78 is 44.3. The zero-order valence-electron chi connectivity index (χ0n) is 10.7. The van der Waals surface area contributed by atoms with Crippen molar-refractivity contribution < 1.29 is 21.6 Å². The molecule has 0 saturated carbocycles. The third-order valence-corrected chi connectivity index (χ3v) is 4.16. The van der Waals surface area contributed by atoms with Crippen molar-refractivity contribution in [1.82, 2.24) is 5.32 Å². The van der Waals surface area contributed by atoms with Crippen molar-refractivity contribution in [3.8, 4) is 0 Å². The second kappa shape index (κ2) is 5.77. The molecule has 0 aliphatic heterocycles. The normalized spacial score (nSPS) is 12.1. The van der Waals surface area contributed by atoms with Crippen molar-refractivity contribution in [2.45, 2.75) is 4.90 Å². The van der Waals surface area contributed by atoms with E-state index in [4.69, 9.17) is 10.9 Å². The van der Waals surface area contributed by atoms with E-state index in [-0.39, 0.29) is 22.7 Å². The van der Waals surface area contributed by atoms with E-state index in [0.717, 1.165) is 12.3 Å². The highest BCUT2D eigenvalue weighted by Crippen LogP contribution is 2.16. The van der Waals surface area contributed by atoms with Gasteiger partial charge in [-0.15, -0.1) is 0 Å². The lowest BCUT2D eigenvalue weighted by molar-refractivity contribution is 0.0956. The molecule has 0 radical (unpaired) electrons. The van der Waals surface area contributed by atoms with Gasteiger partial charge in [-0.05, 0) is 18.2 Å². The van der Waals surface area contributed by atoms with Gasteiger partial charge in [0.15, 0.2) is 9.84 Å². The summed E-state index contributed by atoms with van der Waals surface area (Å²) in [5.41, 5.74) is 5.67. The first-order valence-corrected chi connectivity index (χ1v) is 8.99. The zero-order chi connectivity index (χ0) is 15.6. The number of carbonyl (C=O) groups excluding carboxylic acids is 1. The molecular formula is C10H15N3O5S2. The number of hydrogen-bond acceptors (Lipinski definition) is 6. The van der Waals surface area contributed by atoms with Gasteiger partial charge in [-0.2, -0.15) is 0 Å². The second-order valence-corrected chi connectivity index (χ2v) is 7.94. The van der Waals surface area contributed by atoms with E-state index in [1.54, 1.807) is 0 Å². The first-order valence-electron chi connectivity index (χ1n) is 5.38. The van der Waals surface area contributed by atoms with Crippen molar-refractivity contribution in [2.75, 3.05) is 24.3 Å². The lowest BCUT2D eigenvalue weighted by atomic mass is 10.2. The molecule has 0 spiro atoms. The Morgan fingerprint density at radius 3 is 2.30 bits per heavy atom. The third-order valence-electron chi connectivity index (χ3n) is 2.29. The predicted octanol–water partition coefficient (Wildman–Crippen LogP) is -1.31. The van der Waals surface area contributed by atoms with Crippen LogP contribution in [0.3, 0.4) is 0 Å². The lowest BCUT2D eigenvalue weighted by Gasteiger charge is -2.07. The lowest BCUT2D eigenvalue weighted by Crippen LogP contribution is -2.31. The Labute approximate surface area is 117 Å². The van der Waals surface area contributed by atoms with Crippen LogP contribution in [0.2, 0.25) is 0 Å². The maximum Gasteiger partial charge on any atom is 0.251 e. The van der Waals surface area contributed by atoms with E-state index in [9.17, 15) is 21.6 Å². The molecule has 0 aliphatic rings. The molecule has 0 saturated heterocycles. The highest BCUT2D eigenvalue weighted by atomic mass is 32.2. The van der Waals surface area contributed by atoms with Gasteiger partial charge >= 0.3 is 0 Å². The molecule has 1 aromatic rings. The van der Waals surface area contributed by atoms with Crippen molar-refractivity contribution >= 4 is 31.5 Å². The highest BCUT2D eigenvalue weighted by molar-refractivity contribution is 7.90. The molecule has 10 heteroatoms. The molecule has 0 aromatic heterocycles. The summed E-state index contributed by atoms with van der Waals surface area (Å²) in [5.74, 6) is -1.05. The van der Waals surface area contributed by atoms with Gasteiger partial charge in [-0.1, -0.05) is 0 Å². The fourth-order valence-electron chi connectivity index (χ4n) is 1.38. The number of nitrogen functional groups attached to an aromatic ring is 1. The number of rotatable bonds is 5. The molecule has 0 bridgehead atoms. The van der Waals surface area contributed by atoms with Crippen LogP contribution in [0.25, 0.3) is 0 Å². The van der Waals surface area contributed by atoms with Gasteiger partial charge in [0.2, 0.25) is 10.0 Å². The molecule has 1 aromatic carbocycles. The number of primary sulfonamides is 1. The number of benzene rings is 1. The van der Waals surface area contributed by atoms with Gasteiger partial charge in [-0.25, -0.2) is 22.0 Å². The molecule has 5 N–H and O–H groups in total. The summed E-state index contributed by atoms with van der Waals surface area (Å²) in [4.78, 5) is 11.7. The summed E-state index contributed by atoms with van der Waals surface area (Å²) in [7, 11) is -7.18. The number of anilines is 1. The summed E-state index contributed by atoms with van der Waals surface area (Å²) in [5, 5.41) is 7.10. The van der Waals surface area contributed by atoms with Crippen LogP contribution >= 0.6 is 0 Å². The second-order valence-electron chi connectivity index (χ2n) is 4.19. The minimum absolute atomic E-state index is 0.0276. The van der Waals surface area contributed by atoms with Gasteiger partial charge < -0.3 is 11.1 Å². The number of hydrogen-bond donors (Lipinski definition) is 3. The van der Waals surface area contributed by atoms with Crippen LogP contribution in [0.5, 0.6) is 0 Å². The van der Waals surface area contributed by atoms with Crippen molar-refractivity contribution in [3.63, 3.8) is 0 Å². The van der Waals surface area contributed by atoms with Gasteiger partial charge in [0.1, 0.15) is 0 Å². The quantitative estimate of drug-likeness (QED) is 0.573. The number of carbonyl (C=O) groups is 1. The van der Waals surface area contributed by atoms with Gasteiger partial charge in [0.25, 0.3) is 5.91 Å². The molecule has 1 rings (SSSR count). The Balaban J connectivity index is 2.92. The molecule has 1 amide bonds. The van der Waals surface area contributed by atoms with E-state index in [1.807, 2.05) is 0 Å². The Hall–Kier alpha value is -1.65. The zero-order valence-corrected chi connectivity index (χ0v) is 12.3. The Bertz CT molecular complexity index is 725. The van der Waals surface area contributed by atoms with E-state index in [1.165, 1.54) is 12.1 Å². The number of amides is 1. The highest BCUT2D eigenvalue weighted by Gasteiger charge is 2.14. The van der Waals surface area contributed by atoms with Crippen LogP contribution in [0.1, 0.15) is 10.4 Å². The van der Waals surface area contributed by atoms with E-state index >= 15 is 0 Å². The van der Waals surface area contributed by atoms with Crippen LogP contribution < -0.4 is 16.2 Å². The van der Waals surface area contributed by atoms with Crippen molar-refractivity contribution in [3.05, 3.63) is 23.8 Å². The van der Waals surface area contributed by atoms with Crippen LogP contribution in [-0.2, 0) is 19.9 Å². The fraction of sp³-hybridized carbons (Fsp3) is 0.300. The average Bonchev–Trinajstić information content (AvgIpc) is 2.25. The topological polar surface area (TPSA) is 149 Å². The largest absolute Gasteiger partial charge is 0.399 e. The monoisotopic (exact) mass is 321 g/mol. The van der Waals surface area contributed by atoms with E-state index in [2.05, 4.69) is 5.32 Å². The molecule has 112 valence electrons. The molecule has 0 atom stereocenters. The minimum Gasteiger partial charge on any atom is -0.399 e. The molecule has 0 unspecified atom stereocenters. The van der Waals surface area contributed by atoms with Crippen LogP contribution in [0.15, 0.2) is 23.1 Å². The van der Waals surface area contributed by atoms with Crippen LogP contribution in [-0.4, -0.2) is 41.3 Å². The summed E-state index contributed by atoms with van der Waals surface area (Å²) >= 11 is 0. The van der Waals surface area contributed by atoms with Crippen LogP contribution in [0.4, 0.5) is 5.69 Å². The summed E-state index contributed by atoms with van der Waals surface area (Å²) in [6.45, 7) is -0.180. The first kappa shape index (κ1) is 16.4. The van der Waals surface area contributed by atoms with Gasteiger partial charge in [-0.3, -0.25) is 4.79 Å². The Kier molecular flexibility index (Phi) is 4.73. The maximum absolute atomic E-state index is 11.8. The van der Waals surface area contributed by atoms with Gasteiger partial charge in [0, 0.05) is 24.1 Å². The molecule has 20 heavy (non-hydrogen) atoms. The molecule has 0 fully saturated rings.